The van der Waals surface area contributed by atoms with Crippen molar-refractivity contribution in [1.29, 1.82) is 0 Å². The zero-order chi connectivity index (χ0) is 16.0. The number of nitrogens with two attached hydrogens (primary N) is 2. The number of fused-ring (bicyclic) bond motifs is 3. The van der Waals surface area contributed by atoms with Gasteiger partial charge in [-0.3, -0.25) is 0 Å². The smallest absolute Gasteiger partial charge is 0.0799 e. The van der Waals surface area contributed by atoms with Crippen molar-refractivity contribution < 1.29 is 0 Å². The third kappa shape index (κ3) is 2.53. The van der Waals surface area contributed by atoms with Crippen LogP contribution in [0.1, 0.15) is 17.2 Å². The fraction of sp³-hybridized carbons (Fsp3) is 0.100. The Kier molecular flexibility index (Phi) is 4.24. The van der Waals surface area contributed by atoms with Crippen molar-refractivity contribution in [1.82, 2.24) is 0 Å². The molecule has 0 saturated carbocycles. The third-order valence-corrected chi connectivity index (χ3v) is 4.56. The Morgan fingerprint density at radius 3 is 2.12 bits per heavy atom. The Balaban J connectivity index is 0.00000169. The van der Waals surface area contributed by atoms with Crippen LogP contribution in [0, 0.1) is 0 Å². The van der Waals surface area contributed by atoms with Crippen LogP contribution in [0.2, 0.25) is 0 Å². The highest BCUT2D eigenvalue weighted by molar-refractivity contribution is 8.93. The lowest BCUT2D eigenvalue weighted by atomic mass is 9.85. The first kappa shape index (κ1) is 16.4. The molecule has 0 spiro atoms. The fourth-order valence-corrected chi connectivity index (χ4v) is 3.51. The second kappa shape index (κ2) is 6.21. The molecule has 4 N–H and O–H groups in total. The number of nitrogens with zero attached hydrogens (tertiary/aromatic N) is 1. The van der Waals surface area contributed by atoms with Crippen LogP contribution in [0.4, 0.5) is 17.1 Å². The summed E-state index contributed by atoms with van der Waals surface area (Å²) in [4.78, 5) is 2.28. The van der Waals surface area contributed by atoms with Crippen LogP contribution < -0.4 is 16.4 Å². The summed E-state index contributed by atoms with van der Waals surface area (Å²) in [5.41, 5.74) is 19.7. The van der Waals surface area contributed by atoms with Gasteiger partial charge >= 0.3 is 0 Å². The molecule has 4 rings (SSSR count). The van der Waals surface area contributed by atoms with E-state index in [2.05, 4.69) is 54.4 Å². The molecule has 3 nitrogen and oxygen atoms in total. The van der Waals surface area contributed by atoms with Gasteiger partial charge in [0.25, 0.3) is 0 Å². The Hall–Kier alpha value is -2.46. The summed E-state index contributed by atoms with van der Waals surface area (Å²) in [6.07, 6.45) is 0. The second-order valence-electron chi connectivity index (χ2n) is 6.05. The maximum Gasteiger partial charge on any atom is 0.0799 e. The van der Waals surface area contributed by atoms with Crippen molar-refractivity contribution in [2.75, 3.05) is 23.4 Å². The molecule has 122 valence electrons. The van der Waals surface area contributed by atoms with E-state index < -0.39 is 0 Å². The van der Waals surface area contributed by atoms with Gasteiger partial charge in [-0.25, -0.2) is 0 Å². The summed E-state index contributed by atoms with van der Waals surface area (Å²) >= 11 is 0. The van der Waals surface area contributed by atoms with Crippen molar-refractivity contribution in [3.63, 3.8) is 0 Å². The monoisotopic (exact) mass is 381 g/mol. The number of rotatable bonds is 1. The minimum atomic E-state index is 0. The first-order valence-electron chi connectivity index (χ1n) is 7.72. The van der Waals surface area contributed by atoms with Gasteiger partial charge in [0.05, 0.1) is 6.04 Å². The number of anilines is 3. The lowest BCUT2D eigenvalue weighted by Crippen LogP contribution is -2.29. The minimum absolute atomic E-state index is 0. The van der Waals surface area contributed by atoms with E-state index in [9.17, 15) is 0 Å². The highest BCUT2D eigenvalue weighted by Gasteiger charge is 2.30. The molecule has 1 aliphatic heterocycles. The zero-order valence-electron chi connectivity index (χ0n) is 13.4. The van der Waals surface area contributed by atoms with Crippen molar-refractivity contribution >= 4 is 34.0 Å². The lowest BCUT2D eigenvalue weighted by Gasteiger charge is -2.38. The Bertz CT molecular complexity index is 877. The summed E-state index contributed by atoms with van der Waals surface area (Å²) in [6.45, 7) is 0. The van der Waals surface area contributed by atoms with Crippen LogP contribution in [0.25, 0.3) is 11.1 Å². The topological polar surface area (TPSA) is 55.3 Å². The summed E-state index contributed by atoms with van der Waals surface area (Å²) in [5.74, 6) is 0. The van der Waals surface area contributed by atoms with Gasteiger partial charge in [-0.1, -0.05) is 42.5 Å². The van der Waals surface area contributed by atoms with Gasteiger partial charge in [0.15, 0.2) is 0 Å². The van der Waals surface area contributed by atoms with E-state index in [1.54, 1.807) is 0 Å². The first-order chi connectivity index (χ1) is 11.1. The minimum Gasteiger partial charge on any atom is -0.399 e. The van der Waals surface area contributed by atoms with Gasteiger partial charge in [0.1, 0.15) is 0 Å². The Labute approximate surface area is 152 Å². The molecule has 1 heterocycles. The van der Waals surface area contributed by atoms with E-state index in [4.69, 9.17) is 11.5 Å². The molecule has 0 amide bonds. The summed E-state index contributed by atoms with van der Waals surface area (Å²) in [6, 6.07) is 22.9. The Morgan fingerprint density at radius 1 is 0.792 bits per heavy atom. The molecular weight excluding hydrogens is 362 g/mol. The molecule has 4 heteroatoms. The fourth-order valence-electron chi connectivity index (χ4n) is 3.51. The highest BCUT2D eigenvalue weighted by atomic mass is 79.9. The number of benzene rings is 3. The van der Waals surface area contributed by atoms with Gasteiger partial charge < -0.3 is 16.4 Å². The van der Waals surface area contributed by atoms with Gasteiger partial charge in [0, 0.05) is 29.7 Å². The van der Waals surface area contributed by atoms with Gasteiger partial charge in [0.2, 0.25) is 0 Å². The van der Waals surface area contributed by atoms with Crippen LogP contribution in [0.5, 0.6) is 0 Å². The molecule has 0 fully saturated rings. The van der Waals surface area contributed by atoms with Crippen LogP contribution in [0.3, 0.4) is 0 Å². The van der Waals surface area contributed by atoms with E-state index in [0.29, 0.717) is 0 Å². The maximum absolute atomic E-state index is 6.07. The molecule has 0 aliphatic carbocycles. The molecule has 0 radical (unpaired) electrons. The first-order valence-corrected chi connectivity index (χ1v) is 7.72. The SMILES string of the molecule is Br.CN1c2cc(N)ccc2-c2ccc(N)cc2C1c1ccccc1. The van der Waals surface area contributed by atoms with Crippen LogP contribution in [-0.4, -0.2) is 7.05 Å². The van der Waals surface area contributed by atoms with Crippen LogP contribution >= 0.6 is 17.0 Å². The van der Waals surface area contributed by atoms with Crippen molar-refractivity contribution in [2.24, 2.45) is 0 Å². The van der Waals surface area contributed by atoms with Gasteiger partial charge in [-0.15, -0.1) is 17.0 Å². The average molecular weight is 382 g/mol. The third-order valence-electron chi connectivity index (χ3n) is 4.56. The normalized spacial score (nSPS) is 15.2. The molecule has 24 heavy (non-hydrogen) atoms. The van der Waals surface area contributed by atoms with Crippen molar-refractivity contribution in [3.05, 3.63) is 77.9 Å². The lowest BCUT2D eigenvalue weighted by molar-refractivity contribution is 0.775. The summed E-state index contributed by atoms with van der Waals surface area (Å²) < 4.78 is 0. The second-order valence-corrected chi connectivity index (χ2v) is 6.05. The molecule has 0 bridgehead atoms. The van der Waals surface area contributed by atoms with Gasteiger partial charge in [-0.05, 0) is 41.0 Å². The molecule has 1 atom stereocenters. The van der Waals surface area contributed by atoms with E-state index >= 15 is 0 Å². The standard InChI is InChI=1S/C20H19N3.BrH/c1-23-19-12-15(22)8-10-17(19)16-9-7-14(21)11-18(16)20(23)13-5-3-2-4-6-13;/h2-12,20H,21-22H2,1H3;1H. The number of nitrogen functional groups attached to an aromatic ring is 2. The molecule has 3 aromatic rings. The highest BCUT2D eigenvalue weighted by Crippen LogP contribution is 2.47. The van der Waals surface area contributed by atoms with Crippen LogP contribution in [-0.2, 0) is 0 Å². The molecule has 1 unspecified atom stereocenters. The number of halogens is 1. The quantitative estimate of drug-likeness (QED) is 0.603. The van der Waals surface area contributed by atoms with Crippen molar-refractivity contribution in [2.45, 2.75) is 6.04 Å². The number of hydrogen-bond donors (Lipinski definition) is 2. The van der Waals surface area contributed by atoms with Crippen LogP contribution in [0.15, 0.2) is 66.7 Å². The number of hydrogen-bond acceptors (Lipinski definition) is 3. The Morgan fingerprint density at radius 2 is 1.42 bits per heavy atom. The van der Waals surface area contributed by atoms with E-state index in [1.807, 2.05) is 24.3 Å². The predicted octanol–water partition coefficient (Wildman–Crippen LogP) is 4.64. The average Bonchev–Trinajstić information content (AvgIpc) is 2.56. The predicted molar refractivity (Wildman–Crippen MR) is 108 cm³/mol. The van der Waals surface area contributed by atoms with E-state index in [0.717, 1.165) is 17.1 Å². The summed E-state index contributed by atoms with van der Waals surface area (Å²) in [5, 5.41) is 0. The molecule has 0 saturated heterocycles. The summed E-state index contributed by atoms with van der Waals surface area (Å²) in [7, 11) is 2.11. The van der Waals surface area contributed by atoms with E-state index in [1.165, 1.54) is 22.3 Å². The molecule has 1 aliphatic rings. The van der Waals surface area contributed by atoms with Gasteiger partial charge in [-0.2, -0.15) is 0 Å². The largest absolute Gasteiger partial charge is 0.399 e. The van der Waals surface area contributed by atoms with E-state index in [-0.39, 0.29) is 23.0 Å². The zero-order valence-corrected chi connectivity index (χ0v) is 15.2. The molecular formula is C20H20BrN3. The molecule has 3 aromatic carbocycles. The molecule has 0 aromatic heterocycles. The van der Waals surface area contributed by atoms with Crippen molar-refractivity contribution in [3.8, 4) is 11.1 Å². The maximum atomic E-state index is 6.07.